The summed E-state index contributed by atoms with van der Waals surface area (Å²) in [7, 11) is 0. The Kier molecular flexibility index (Phi) is 2.18. The summed E-state index contributed by atoms with van der Waals surface area (Å²) >= 11 is 0. The van der Waals surface area contributed by atoms with Crippen LogP contribution >= 0.6 is 0 Å². The number of hydrogen-bond acceptors (Lipinski definition) is 1. The molecule has 1 fully saturated rings. The van der Waals surface area contributed by atoms with Crippen molar-refractivity contribution in [3.8, 4) is 0 Å². The van der Waals surface area contributed by atoms with Gasteiger partial charge in [-0.05, 0) is 24.0 Å². The summed E-state index contributed by atoms with van der Waals surface area (Å²) in [5.74, 6) is -0.00169. The van der Waals surface area contributed by atoms with E-state index in [1.54, 1.807) is 19.1 Å². The molecule has 1 aliphatic carbocycles. The first-order valence-corrected chi connectivity index (χ1v) is 5.21. The molecule has 1 nitrogen and oxygen atoms in total. The molecule has 0 saturated heterocycles. The first-order valence-electron chi connectivity index (χ1n) is 5.21. The molecule has 0 radical (unpaired) electrons. The van der Waals surface area contributed by atoms with Crippen LogP contribution in [0.2, 0.25) is 0 Å². The summed E-state index contributed by atoms with van der Waals surface area (Å²) < 4.78 is 13.5. The molecule has 0 heterocycles. The monoisotopic (exact) mass is 206 g/mol. The van der Waals surface area contributed by atoms with Crippen LogP contribution in [0.15, 0.2) is 24.3 Å². The molecular formula is C13H15FO. The Bertz CT molecular complexity index is 409. The molecule has 2 rings (SSSR count). The smallest absolute Gasteiger partial charge is 0.134 e. The third kappa shape index (κ3) is 1.48. The highest BCUT2D eigenvalue weighted by molar-refractivity contribution is 5.84. The molecule has 15 heavy (non-hydrogen) atoms. The largest absolute Gasteiger partial charge is 0.300 e. The van der Waals surface area contributed by atoms with E-state index >= 15 is 0 Å². The fraction of sp³-hybridized carbons (Fsp3) is 0.462. The average molecular weight is 206 g/mol. The van der Waals surface area contributed by atoms with Gasteiger partial charge in [0.25, 0.3) is 0 Å². The molecule has 0 N–H and O–H groups in total. The first-order chi connectivity index (χ1) is 6.96. The summed E-state index contributed by atoms with van der Waals surface area (Å²) in [6, 6.07) is 6.74. The molecule has 0 amide bonds. The van der Waals surface area contributed by atoms with Gasteiger partial charge in [-0.2, -0.15) is 0 Å². The lowest BCUT2D eigenvalue weighted by Crippen LogP contribution is -1.99. The number of halogens is 1. The molecule has 0 aliphatic heterocycles. The number of carbonyl (C=O) groups excluding carboxylic acids is 1. The summed E-state index contributed by atoms with van der Waals surface area (Å²) in [5, 5.41) is 0. The van der Waals surface area contributed by atoms with Gasteiger partial charge in [-0.25, -0.2) is 4.39 Å². The topological polar surface area (TPSA) is 17.1 Å². The van der Waals surface area contributed by atoms with Gasteiger partial charge in [0, 0.05) is 11.8 Å². The van der Waals surface area contributed by atoms with E-state index in [4.69, 9.17) is 0 Å². The summed E-state index contributed by atoms with van der Waals surface area (Å²) in [6.07, 6.45) is 0. The molecule has 2 atom stereocenters. The van der Waals surface area contributed by atoms with Gasteiger partial charge < -0.3 is 0 Å². The summed E-state index contributed by atoms with van der Waals surface area (Å²) in [6.45, 7) is 5.64. The van der Waals surface area contributed by atoms with Crippen molar-refractivity contribution in [3.05, 3.63) is 35.6 Å². The van der Waals surface area contributed by atoms with Gasteiger partial charge in [-0.15, -0.1) is 0 Å². The van der Waals surface area contributed by atoms with Gasteiger partial charge >= 0.3 is 0 Å². The number of ketones is 1. The second-order valence-electron chi connectivity index (χ2n) is 4.91. The highest BCUT2D eigenvalue weighted by Gasteiger charge is 2.61. The highest BCUT2D eigenvalue weighted by Crippen LogP contribution is 2.64. The number of benzene rings is 1. The van der Waals surface area contributed by atoms with E-state index in [2.05, 4.69) is 0 Å². The Labute approximate surface area is 89.3 Å². The fourth-order valence-electron chi connectivity index (χ4n) is 2.70. The Hall–Kier alpha value is -1.18. The van der Waals surface area contributed by atoms with Gasteiger partial charge in [0.2, 0.25) is 0 Å². The Morgan fingerprint density at radius 1 is 1.33 bits per heavy atom. The van der Waals surface area contributed by atoms with E-state index in [9.17, 15) is 9.18 Å². The van der Waals surface area contributed by atoms with Crippen LogP contribution in [0.4, 0.5) is 4.39 Å². The summed E-state index contributed by atoms with van der Waals surface area (Å²) in [5.41, 5.74) is 0.594. The van der Waals surface area contributed by atoms with Crippen LogP contribution < -0.4 is 0 Å². The zero-order valence-electron chi connectivity index (χ0n) is 9.25. The van der Waals surface area contributed by atoms with Crippen LogP contribution in [-0.2, 0) is 4.79 Å². The minimum atomic E-state index is -0.195. The van der Waals surface area contributed by atoms with Crippen LogP contribution in [-0.4, -0.2) is 5.78 Å². The van der Waals surface area contributed by atoms with Crippen LogP contribution in [0, 0.1) is 17.2 Å². The van der Waals surface area contributed by atoms with Crippen molar-refractivity contribution in [1.82, 2.24) is 0 Å². The molecule has 2 heteroatoms. The van der Waals surface area contributed by atoms with E-state index in [-0.39, 0.29) is 28.9 Å². The molecule has 0 aromatic heterocycles. The Balaban J connectivity index is 2.36. The van der Waals surface area contributed by atoms with Gasteiger partial charge in [-0.1, -0.05) is 32.0 Å². The Morgan fingerprint density at radius 2 is 1.93 bits per heavy atom. The molecule has 1 aromatic carbocycles. The van der Waals surface area contributed by atoms with Crippen LogP contribution in [0.5, 0.6) is 0 Å². The highest BCUT2D eigenvalue weighted by atomic mass is 19.1. The number of carbonyl (C=O) groups is 1. The lowest BCUT2D eigenvalue weighted by Gasteiger charge is -2.03. The minimum absolute atomic E-state index is 0.0191. The van der Waals surface area contributed by atoms with Gasteiger partial charge in [0.1, 0.15) is 11.6 Å². The van der Waals surface area contributed by atoms with Gasteiger partial charge in [-0.3, -0.25) is 4.79 Å². The molecule has 1 aliphatic rings. The molecule has 0 bridgehead atoms. The molecule has 2 unspecified atom stereocenters. The predicted molar refractivity (Wildman–Crippen MR) is 57.1 cm³/mol. The molecular weight excluding hydrogens is 191 g/mol. The van der Waals surface area contributed by atoms with E-state index in [0.717, 1.165) is 0 Å². The van der Waals surface area contributed by atoms with Crippen molar-refractivity contribution >= 4 is 5.78 Å². The number of Topliss-reactive ketones (excluding diaryl/α,β-unsaturated/α-hetero) is 1. The standard InChI is InChI=1S/C13H15FO/c1-8(15)11-12(13(11,2)3)9-6-4-5-7-10(9)14/h4-7,11-12H,1-3H3. The van der Waals surface area contributed by atoms with E-state index < -0.39 is 0 Å². The van der Waals surface area contributed by atoms with Crippen LogP contribution in [0.1, 0.15) is 32.3 Å². The lowest BCUT2D eigenvalue weighted by molar-refractivity contribution is -0.118. The van der Waals surface area contributed by atoms with E-state index in [1.807, 2.05) is 19.9 Å². The van der Waals surface area contributed by atoms with Gasteiger partial charge in [0.05, 0.1) is 0 Å². The SMILES string of the molecule is CC(=O)C1C(c2ccccc2F)C1(C)C. The first kappa shape index (κ1) is 10.3. The number of rotatable bonds is 2. The molecule has 1 aromatic rings. The molecule has 80 valence electrons. The van der Waals surface area contributed by atoms with Crippen molar-refractivity contribution in [2.24, 2.45) is 11.3 Å². The maximum absolute atomic E-state index is 13.5. The predicted octanol–water partition coefficient (Wildman–Crippen LogP) is 3.15. The third-order valence-electron chi connectivity index (χ3n) is 3.51. The maximum Gasteiger partial charge on any atom is 0.134 e. The van der Waals surface area contributed by atoms with Crippen molar-refractivity contribution in [2.75, 3.05) is 0 Å². The second kappa shape index (κ2) is 3.16. The zero-order chi connectivity index (χ0) is 11.2. The van der Waals surface area contributed by atoms with E-state index in [1.165, 1.54) is 6.07 Å². The molecule has 0 spiro atoms. The maximum atomic E-state index is 13.5. The molecule has 1 saturated carbocycles. The van der Waals surface area contributed by atoms with Crippen molar-refractivity contribution < 1.29 is 9.18 Å². The van der Waals surface area contributed by atoms with Gasteiger partial charge in [0.15, 0.2) is 0 Å². The minimum Gasteiger partial charge on any atom is -0.300 e. The average Bonchev–Trinajstić information content (AvgIpc) is 2.70. The third-order valence-corrected chi connectivity index (χ3v) is 3.51. The normalized spacial score (nSPS) is 27.5. The fourth-order valence-corrected chi connectivity index (χ4v) is 2.70. The van der Waals surface area contributed by atoms with Crippen LogP contribution in [0.25, 0.3) is 0 Å². The second-order valence-corrected chi connectivity index (χ2v) is 4.91. The Morgan fingerprint density at radius 3 is 2.40 bits per heavy atom. The lowest BCUT2D eigenvalue weighted by atomic mass is 10.0. The van der Waals surface area contributed by atoms with Crippen molar-refractivity contribution in [2.45, 2.75) is 26.7 Å². The zero-order valence-corrected chi connectivity index (χ0v) is 9.25. The number of hydrogen-bond donors (Lipinski definition) is 0. The summed E-state index contributed by atoms with van der Waals surface area (Å²) in [4.78, 5) is 11.4. The van der Waals surface area contributed by atoms with E-state index in [0.29, 0.717) is 5.56 Å². The van der Waals surface area contributed by atoms with Crippen molar-refractivity contribution in [1.29, 1.82) is 0 Å². The van der Waals surface area contributed by atoms with Crippen molar-refractivity contribution in [3.63, 3.8) is 0 Å². The van der Waals surface area contributed by atoms with Crippen LogP contribution in [0.3, 0.4) is 0 Å². The quantitative estimate of drug-likeness (QED) is 0.726.